The zero-order valence-corrected chi connectivity index (χ0v) is 11.1. The molecule has 2 N–H and O–H groups in total. The molecule has 0 spiro atoms. The van der Waals surface area contributed by atoms with Gasteiger partial charge in [-0.25, -0.2) is 4.98 Å². The number of pyridine rings is 1. The molecule has 0 aliphatic carbocycles. The van der Waals surface area contributed by atoms with Gasteiger partial charge in [0.05, 0.1) is 5.56 Å². The molecule has 2 rings (SSSR count). The maximum Gasteiger partial charge on any atom is 0.416 e. The van der Waals surface area contributed by atoms with Gasteiger partial charge >= 0.3 is 6.18 Å². The van der Waals surface area contributed by atoms with Crippen LogP contribution in [0, 0.1) is 5.41 Å². The van der Waals surface area contributed by atoms with Gasteiger partial charge in [-0.2, -0.15) is 13.2 Å². The van der Waals surface area contributed by atoms with E-state index in [0.717, 1.165) is 25.0 Å². The van der Waals surface area contributed by atoms with E-state index < -0.39 is 11.7 Å². The molecule has 1 aliphatic heterocycles. The van der Waals surface area contributed by atoms with Crippen molar-refractivity contribution in [3.05, 3.63) is 17.7 Å². The average Bonchev–Trinajstić information content (AvgIpc) is 2.26. The summed E-state index contributed by atoms with van der Waals surface area (Å²) in [4.78, 5) is 5.89. The predicted octanol–water partition coefficient (Wildman–Crippen LogP) is 3.31. The summed E-state index contributed by atoms with van der Waals surface area (Å²) in [5, 5.41) is 0. The summed E-state index contributed by atoms with van der Waals surface area (Å²) < 4.78 is 38.2. The van der Waals surface area contributed by atoms with E-state index in [1.165, 1.54) is 0 Å². The van der Waals surface area contributed by atoms with Crippen molar-refractivity contribution < 1.29 is 13.2 Å². The van der Waals surface area contributed by atoms with E-state index >= 15 is 0 Å². The molecule has 1 saturated heterocycles. The Morgan fingerprint density at radius 3 is 2.32 bits per heavy atom. The second kappa shape index (κ2) is 4.58. The lowest BCUT2D eigenvalue weighted by Crippen LogP contribution is -2.38. The van der Waals surface area contributed by atoms with E-state index in [1.54, 1.807) is 0 Å². The van der Waals surface area contributed by atoms with Crippen LogP contribution < -0.4 is 10.6 Å². The zero-order chi connectivity index (χ0) is 14.3. The molecule has 0 aromatic carbocycles. The summed E-state index contributed by atoms with van der Waals surface area (Å²) in [6.45, 7) is 5.75. The van der Waals surface area contributed by atoms with Gasteiger partial charge in [0, 0.05) is 13.1 Å². The lowest BCUT2D eigenvalue weighted by atomic mass is 9.83. The van der Waals surface area contributed by atoms with Gasteiger partial charge in [0.1, 0.15) is 11.6 Å². The molecule has 0 unspecified atom stereocenters. The van der Waals surface area contributed by atoms with Crippen LogP contribution in [0.25, 0.3) is 0 Å². The monoisotopic (exact) mass is 273 g/mol. The number of hydrogen-bond donors (Lipinski definition) is 1. The normalized spacial score (nSPS) is 19.5. The highest BCUT2D eigenvalue weighted by Crippen LogP contribution is 2.35. The van der Waals surface area contributed by atoms with E-state index in [4.69, 9.17) is 5.73 Å². The number of rotatable bonds is 1. The van der Waals surface area contributed by atoms with Crippen molar-refractivity contribution in [1.29, 1.82) is 0 Å². The third-order valence-corrected chi connectivity index (χ3v) is 3.60. The molecular formula is C13H18F3N3. The van der Waals surface area contributed by atoms with Crippen molar-refractivity contribution in [2.45, 2.75) is 32.9 Å². The third-order valence-electron chi connectivity index (χ3n) is 3.60. The molecule has 0 atom stereocenters. The molecule has 1 aliphatic rings. The molecule has 0 bridgehead atoms. The van der Waals surface area contributed by atoms with Gasteiger partial charge in [-0.3, -0.25) is 0 Å². The molecule has 3 nitrogen and oxygen atoms in total. The summed E-state index contributed by atoms with van der Waals surface area (Å²) in [5.74, 6) is 0.234. The van der Waals surface area contributed by atoms with Gasteiger partial charge in [0.25, 0.3) is 0 Å². The van der Waals surface area contributed by atoms with Crippen molar-refractivity contribution >= 4 is 11.6 Å². The molecule has 1 aromatic heterocycles. The fourth-order valence-corrected chi connectivity index (χ4v) is 2.20. The largest absolute Gasteiger partial charge is 0.416 e. The van der Waals surface area contributed by atoms with E-state index in [1.807, 2.05) is 4.90 Å². The van der Waals surface area contributed by atoms with Crippen molar-refractivity contribution in [2.24, 2.45) is 5.41 Å². The maximum absolute atomic E-state index is 12.7. The second-order valence-corrected chi connectivity index (χ2v) is 5.79. The number of aromatic nitrogens is 1. The summed E-state index contributed by atoms with van der Waals surface area (Å²) in [5.41, 5.74) is 4.98. The molecule has 0 radical (unpaired) electrons. The number of halogens is 3. The number of piperidine rings is 1. The summed E-state index contributed by atoms with van der Waals surface area (Å²) in [6, 6.07) is 1.95. The molecular weight excluding hydrogens is 255 g/mol. The van der Waals surface area contributed by atoms with Crippen LogP contribution in [-0.4, -0.2) is 18.1 Å². The SMILES string of the molecule is CC1(C)CCN(c2cc(C(F)(F)F)cc(N)n2)CC1. The number of nitrogen functional groups attached to an aromatic ring is 1. The van der Waals surface area contributed by atoms with Gasteiger partial charge in [0.2, 0.25) is 0 Å². The molecule has 106 valence electrons. The Morgan fingerprint density at radius 2 is 1.79 bits per heavy atom. The fourth-order valence-electron chi connectivity index (χ4n) is 2.20. The molecule has 1 aromatic rings. The Balaban J connectivity index is 2.24. The third kappa shape index (κ3) is 3.30. The molecule has 6 heteroatoms. The second-order valence-electron chi connectivity index (χ2n) is 5.79. The Labute approximate surface area is 110 Å². The molecule has 0 amide bonds. The molecule has 2 heterocycles. The fraction of sp³-hybridized carbons (Fsp3) is 0.615. The first-order chi connectivity index (χ1) is 8.67. The van der Waals surface area contributed by atoms with Gasteiger partial charge in [-0.1, -0.05) is 13.8 Å². The highest BCUT2D eigenvalue weighted by molar-refractivity contribution is 5.49. The highest BCUT2D eigenvalue weighted by atomic mass is 19.4. The van der Waals surface area contributed by atoms with E-state index in [0.29, 0.717) is 18.9 Å². The van der Waals surface area contributed by atoms with Crippen LogP contribution >= 0.6 is 0 Å². The smallest absolute Gasteiger partial charge is 0.384 e. The van der Waals surface area contributed by atoms with Crippen LogP contribution in [0.3, 0.4) is 0 Å². The average molecular weight is 273 g/mol. The molecule has 0 saturated carbocycles. The summed E-state index contributed by atoms with van der Waals surface area (Å²) in [7, 11) is 0. The van der Waals surface area contributed by atoms with Crippen LogP contribution in [0.1, 0.15) is 32.3 Å². The van der Waals surface area contributed by atoms with E-state index in [-0.39, 0.29) is 11.2 Å². The van der Waals surface area contributed by atoms with Crippen molar-refractivity contribution in [2.75, 3.05) is 23.7 Å². The first-order valence-corrected chi connectivity index (χ1v) is 6.27. The standard InChI is InChI=1S/C13H18F3N3/c1-12(2)3-5-19(6-4-12)11-8-9(13(14,15)16)7-10(17)18-11/h7-8H,3-6H2,1-2H3,(H2,17,18). The van der Waals surface area contributed by atoms with Crippen LogP contribution in [0.15, 0.2) is 12.1 Å². The minimum Gasteiger partial charge on any atom is -0.384 e. The van der Waals surface area contributed by atoms with Crippen molar-refractivity contribution in [1.82, 2.24) is 4.98 Å². The number of alkyl halides is 3. The Bertz CT molecular complexity index is 459. The minimum absolute atomic E-state index is 0.0883. The number of nitrogens with zero attached hydrogens (tertiary/aromatic N) is 2. The predicted molar refractivity (Wildman–Crippen MR) is 68.9 cm³/mol. The summed E-state index contributed by atoms with van der Waals surface area (Å²) in [6.07, 6.45) is -2.52. The van der Waals surface area contributed by atoms with Crippen molar-refractivity contribution in [3.63, 3.8) is 0 Å². The quantitative estimate of drug-likeness (QED) is 0.853. The number of nitrogens with two attached hydrogens (primary N) is 1. The Kier molecular flexibility index (Phi) is 3.36. The topological polar surface area (TPSA) is 42.1 Å². The van der Waals surface area contributed by atoms with Crippen LogP contribution in [-0.2, 0) is 6.18 Å². The van der Waals surface area contributed by atoms with Gasteiger partial charge in [0.15, 0.2) is 0 Å². The van der Waals surface area contributed by atoms with Crippen LogP contribution in [0.4, 0.5) is 24.8 Å². The van der Waals surface area contributed by atoms with Gasteiger partial charge in [-0.05, 0) is 30.4 Å². The van der Waals surface area contributed by atoms with Crippen LogP contribution in [0.5, 0.6) is 0 Å². The number of anilines is 2. The van der Waals surface area contributed by atoms with E-state index in [9.17, 15) is 13.2 Å². The highest BCUT2D eigenvalue weighted by Gasteiger charge is 2.33. The Morgan fingerprint density at radius 1 is 1.21 bits per heavy atom. The molecule has 19 heavy (non-hydrogen) atoms. The Hall–Kier alpha value is -1.46. The van der Waals surface area contributed by atoms with E-state index in [2.05, 4.69) is 18.8 Å². The zero-order valence-electron chi connectivity index (χ0n) is 11.1. The first-order valence-electron chi connectivity index (χ1n) is 6.27. The van der Waals surface area contributed by atoms with Gasteiger partial charge in [-0.15, -0.1) is 0 Å². The molecule has 1 fully saturated rings. The maximum atomic E-state index is 12.7. The number of hydrogen-bond acceptors (Lipinski definition) is 3. The van der Waals surface area contributed by atoms with Crippen molar-refractivity contribution in [3.8, 4) is 0 Å². The lowest BCUT2D eigenvalue weighted by molar-refractivity contribution is -0.137. The van der Waals surface area contributed by atoms with Crippen LogP contribution in [0.2, 0.25) is 0 Å². The lowest BCUT2D eigenvalue weighted by Gasteiger charge is -2.37. The minimum atomic E-state index is -4.39. The first kappa shape index (κ1) is 14.0. The summed E-state index contributed by atoms with van der Waals surface area (Å²) >= 11 is 0. The van der Waals surface area contributed by atoms with Gasteiger partial charge < -0.3 is 10.6 Å².